The molecule has 0 bridgehead atoms. The molecule has 0 aliphatic heterocycles. The summed E-state index contributed by atoms with van der Waals surface area (Å²) in [6.45, 7) is 2.10. The molecule has 2 N–H and O–H groups in total. The molecule has 0 radical (unpaired) electrons. The van der Waals surface area contributed by atoms with Crippen LogP contribution in [0.4, 0.5) is 5.00 Å². The van der Waals surface area contributed by atoms with Gasteiger partial charge in [0, 0.05) is 17.0 Å². The number of rotatable bonds is 5. The molecule has 1 aliphatic rings. The summed E-state index contributed by atoms with van der Waals surface area (Å²) in [6, 6.07) is 4.03. The second kappa shape index (κ2) is 7.81. The third kappa shape index (κ3) is 3.79. The van der Waals surface area contributed by atoms with Gasteiger partial charge in [0.2, 0.25) is 0 Å². The minimum Gasteiger partial charge on any atom is -0.464 e. The second-order valence-corrected chi connectivity index (χ2v) is 6.92. The van der Waals surface area contributed by atoms with Crippen LogP contribution in [0, 0.1) is 0 Å². The molecule has 0 unspecified atom stereocenters. The summed E-state index contributed by atoms with van der Waals surface area (Å²) < 4.78 is 10.6. The number of carbonyl (C=O) groups is 1. The van der Waals surface area contributed by atoms with Crippen molar-refractivity contribution in [2.45, 2.75) is 38.6 Å². The highest BCUT2D eigenvalue weighted by atomic mass is 32.1. The molecule has 2 heterocycles. The number of hydrogen-bond donors (Lipinski definition) is 2. The molecule has 0 spiro atoms. The molecule has 1 aliphatic carbocycles. The molecule has 5 nitrogen and oxygen atoms in total. The van der Waals surface area contributed by atoms with Crippen molar-refractivity contribution in [3.8, 4) is 11.3 Å². The molecule has 2 aromatic rings. The van der Waals surface area contributed by atoms with Gasteiger partial charge in [0.15, 0.2) is 5.11 Å². The summed E-state index contributed by atoms with van der Waals surface area (Å²) in [4.78, 5) is 12.4. The van der Waals surface area contributed by atoms with E-state index in [-0.39, 0.29) is 5.97 Å². The second-order valence-electron chi connectivity index (χ2n) is 5.63. The lowest BCUT2D eigenvalue weighted by Crippen LogP contribution is -2.36. The van der Waals surface area contributed by atoms with E-state index < -0.39 is 0 Å². The first-order chi connectivity index (χ1) is 11.7. The lowest BCUT2D eigenvalue weighted by molar-refractivity contribution is 0.0529. The van der Waals surface area contributed by atoms with Crippen LogP contribution in [0.15, 0.2) is 28.2 Å². The lowest BCUT2D eigenvalue weighted by atomic mass is 10.1. The summed E-state index contributed by atoms with van der Waals surface area (Å²) in [5.41, 5.74) is 1.18. The zero-order chi connectivity index (χ0) is 16.9. The Morgan fingerprint density at radius 2 is 2.25 bits per heavy atom. The van der Waals surface area contributed by atoms with E-state index in [0.717, 1.165) is 18.4 Å². The van der Waals surface area contributed by atoms with Gasteiger partial charge in [-0.05, 0) is 44.1 Å². The van der Waals surface area contributed by atoms with Crippen molar-refractivity contribution in [3.63, 3.8) is 0 Å². The highest BCUT2D eigenvalue weighted by molar-refractivity contribution is 7.80. The SMILES string of the molecule is CCOC(=O)c1c(-c2ccco2)csc1NC(=S)NC1CCCC1. The molecule has 0 atom stereocenters. The highest BCUT2D eigenvalue weighted by Crippen LogP contribution is 2.36. The minimum atomic E-state index is -0.378. The Hall–Kier alpha value is -1.86. The first kappa shape index (κ1) is 17.0. The maximum Gasteiger partial charge on any atom is 0.341 e. The molecule has 128 valence electrons. The molecule has 7 heteroatoms. The van der Waals surface area contributed by atoms with E-state index >= 15 is 0 Å². The van der Waals surface area contributed by atoms with Crippen LogP contribution in [0.3, 0.4) is 0 Å². The van der Waals surface area contributed by atoms with Crippen molar-refractivity contribution in [2.24, 2.45) is 0 Å². The van der Waals surface area contributed by atoms with Gasteiger partial charge in [-0.15, -0.1) is 11.3 Å². The minimum absolute atomic E-state index is 0.316. The number of thiocarbonyl (C=S) groups is 1. The van der Waals surface area contributed by atoms with Gasteiger partial charge in [0.25, 0.3) is 0 Å². The molecular formula is C17H20N2O3S2. The van der Waals surface area contributed by atoms with E-state index in [1.807, 2.05) is 11.4 Å². The number of thiophene rings is 1. The normalized spacial score (nSPS) is 14.5. The summed E-state index contributed by atoms with van der Waals surface area (Å²) in [5, 5.41) is 9.58. The smallest absolute Gasteiger partial charge is 0.341 e. The first-order valence-electron chi connectivity index (χ1n) is 8.09. The van der Waals surface area contributed by atoms with Crippen molar-refractivity contribution in [1.29, 1.82) is 0 Å². The summed E-state index contributed by atoms with van der Waals surface area (Å²) in [6.07, 6.45) is 6.32. The zero-order valence-corrected chi connectivity index (χ0v) is 15.1. The van der Waals surface area contributed by atoms with E-state index in [0.29, 0.717) is 34.1 Å². The average Bonchev–Trinajstić information content (AvgIpc) is 3.28. The molecular weight excluding hydrogens is 344 g/mol. The maximum atomic E-state index is 12.4. The number of carbonyl (C=O) groups excluding carboxylic acids is 1. The standard InChI is InChI=1S/C17H20N2O3S2/c1-2-21-16(20)14-12(13-8-5-9-22-13)10-24-15(14)19-17(23)18-11-6-3-4-7-11/h5,8-11H,2-4,6-7H2,1H3,(H2,18,19,23). The summed E-state index contributed by atoms with van der Waals surface area (Å²) in [7, 11) is 0. The van der Waals surface area contributed by atoms with Crippen LogP contribution in [0.5, 0.6) is 0 Å². The first-order valence-corrected chi connectivity index (χ1v) is 9.37. The number of hydrogen-bond acceptors (Lipinski definition) is 5. The number of ether oxygens (including phenoxy) is 1. The van der Waals surface area contributed by atoms with E-state index in [9.17, 15) is 4.79 Å². The lowest BCUT2D eigenvalue weighted by Gasteiger charge is -2.15. The summed E-state index contributed by atoms with van der Waals surface area (Å²) in [5.74, 6) is 0.258. The Morgan fingerprint density at radius 3 is 2.92 bits per heavy atom. The van der Waals surface area contributed by atoms with Crippen molar-refractivity contribution in [2.75, 3.05) is 11.9 Å². The Balaban J connectivity index is 1.81. The molecule has 0 aromatic carbocycles. The largest absolute Gasteiger partial charge is 0.464 e. The van der Waals surface area contributed by atoms with Gasteiger partial charge >= 0.3 is 5.97 Å². The topological polar surface area (TPSA) is 63.5 Å². The van der Waals surface area contributed by atoms with Crippen LogP contribution < -0.4 is 10.6 Å². The van der Waals surface area contributed by atoms with Gasteiger partial charge in [-0.2, -0.15) is 0 Å². The van der Waals surface area contributed by atoms with Crippen LogP contribution >= 0.6 is 23.6 Å². The van der Waals surface area contributed by atoms with E-state index in [4.69, 9.17) is 21.4 Å². The fourth-order valence-corrected chi connectivity index (χ4v) is 4.14. The summed E-state index contributed by atoms with van der Waals surface area (Å²) >= 11 is 6.82. The number of furan rings is 1. The quantitative estimate of drug-likeness (QED) is 0.605. The van der Waals surface area contributed by atoms with Crippen LogP contribution in [0.2, 0.25) is 0 Å². The molecule has 24 heavy (non-hydrogen) atoms. The van der Waals surface area contributed by atoms with Crippen LogP contribution in [0.25, 0.3) is 11.3 Å². The predicted octanol–water partition coefficient (Wildman–Crippen LogP) is 4.41. The number of nitrogens with one attached hydrogen (secondary N) is 2. The third-order valence-corrected chi connectivity index (χ3v) is 5.09. The van der Waals surface area contributed by atoms with Crippen molar-refractivity contribution in [3.05, 3.63) is 29.3 Å². The highest BCUT2D eigenvalue weighted by Gasteiger charge is 2.24. The molecule has 2 aromatic heterocycles. The van der Waals surface area contributed by atoms with Gasteiger partial charge < -0.3 is 19.8 Å². The van der Waals surface area contributed by atoms with Gasteiger partial charge in [0.1, 0.15) is 16.3 Å². The predicted molar refractivity (Wildman–Crippen MR) is 99.6 cm³/mol. The average molecular weight is 364 g/mol. The molecule has 0 saturated heterocycles. The maximum absolute atomic E-state index is 12.4. The van der Waals surface area contributed by atoms with Gasteiger partial charge in [0.05, 0.1) is 12.9 Å². The Labute approximate surface area is 150 Å². The Morgan fingerprint density at radius 1 is 1.46 bits per heavy atom. The molecule has 3 rings (SSSR count). The monoisotopic (exact) mass is 364 g/mol. The van der Waals surface area contributed by atoms with Crippen molar-refractivity contribution in [1.82, 2.24) is 5.32 Å². The van der Waals surface area contributed by atoms with Crippen molar-refractivity contribution < 1.29 is 13.9 Å². The van der Waals surface area contributed by atoms with E-state index in [1.54, 1.807) is 19.3 Å². The number of anilines is 1. The van der Waals surface area contributed by atoms with Crippen LogP contribution in [0.1, 0.15) is 43.0 Å². The van der Waals surface area contributed by atoms with Crippen LogP contribution in [-0.2, 0) is 4.74 Å². The number of esters is 1. The molecule has 1 saturated carbocycles. The Kier molecular flexibility index (Phi) is 5.52. The third-order valence-electron chi connectivity index (χ3n) is 3.97. The molecule has 1 fully saturated rings. The van der Waals surface area contributed by atoms with Gasteiger partial charge in [-0.3, -0.25) is 0 Å². The van der Waals surface area contributed by atoms with Crippen LogP contribution in [-0.4, -0.2) is 23.7 Å². The van der Waals surface area contributed by atoms with Crippen molar-refractivity contribution >= 4 is 39.6 Å². The van der Waals surface area contributed by atoms with Gasteiger partial charge in [-0.1, -0.05) is 12.8 Å². The fraction of sp³-hybridized carbons (Fsp3) is 0.412. The zero-order valence-electron chi connectivity index (χ0n) is 13.5. The fourth-order valence-electron chi connectivity index (χ4n) is 2.86. The van der Waals surface area contributed by atoms with E-state index in [2.05, 4.69) is 10.6 Å². The van der Waals surface area contributed by atoms with E-state index in [1.165, 1.54) is 24.2 Å². The van der Waals surface area contributed by atoms with Gasteiger partial charge in [-0.25, -0.2) is 4.79 Å². The Bertz CT molecular complexity index is 703. The molecule has 0 amide bonds.